The second-order valence-electron chi connectivity index (χ2n) is 10.7. The molecule has 1 aliphatic rings. The average molecular weight is 579 g/mol. The topological polar surface area (TPSA) is 59.3 Å². The largest absolute Gasteiger partial charge is 0.494 e. The second kappa shape index (κ2) is 13.2. The number of amides is 1. The molecule has 43 heavy (non-hydrogen) atoms. The number of pyridine rings is 1. The fourth-order valence-electron chi connectivity index (χ4n) is 5.48. The number of benzene rings is 3. The molecule has 7 nitrogen and oxygen atoms in total. The van der Waals surface area contributed by atoms with Crippen molar-refractivity contribution >= 4 is 11.6 Å². The summed E-state index contributed by atoms with van der Waals surface area (Å²) in [4.78, 5) is 22.0. The van der Waals surface area contributed by atoms with Gasteiger partial charge in [-0.2, -0.15) is 0 Å². The van der Waals surface area contributed by atoms with E-state index in [2.05, 4.69) is 27.6 Å². The highest BCUT2D eigenvalue weighted by molar-refractivity contribution is 5.77. The van der Waals surface area contributed by atoms with Crippen LogP contribution >= 0.6 is 0 Å². The summed E-state index contributed by atoms with van der Waals surface area (Å²) >= 11 is 0. The Morgan fingerprint density at radius 3 is 2.40 bits per heavy atom. The van der Waals surface area contributed by atoms with E-state index in [1.807, 2.05) is 66.4 Å². The Morgan fingerprint density at radius 1 is 0.860 bits per heavy atom. The molecule has 1 aliphatic heterocycles. The number of carbonyl (C=O) groups excluding carboxylic acids is 1. The zero-order chi connectivity index (χ0) is 29.6. The minimum atomic E-state index is -0.279. The van der Waals surface area contributed by atoms with Crippen molar-refractivity contribution in [1.29, 1.82) is 0 Å². The van der Waals surface area contributed by atoms with Gasteiger partial charge in [-0.3, -0.25) is 9.69 Å². The van der Waals surface area contributed by atoms with Crippen LogP contribution in [-0.4, -0.2) is 64.5 Å². The third-order valence-corrected chi connectivity index (χ3v) is 7.75. The van der Waals surface area contributed by atoms with Crippen molar-refractivity contribution in [2.75, 3.05) is 39.4 Å². The summed E-state index contributed by atoms with van der Waals surface area (Å²) in [6.07, 6.45) is 2.11. The maximum atomic E-state index is 13.8. The molecule has 8 heteroatoms. The number of hydrogen-bond acceptors (Lipinski definition) is 5. The number of hydrogen-bond donors (Lipinski definition) is 0. The van der Waals surface area contributed by atoms with E-state index in [0.717, 1.165) is 58.1 Å². The van der Waals surface area contributed by atoms with Gasteiger partial charge >= 0.3 is 0 Å². The molecule has 1 amide bonds. The van der Waals surface area contributed by atoms with Gasteiger partial charge in [-0.15, -0.1) is 0 Å². The number of imidazole rings is 1. The van der Waals surface area contributed by atoms with Crippen molar-refractivity contribution in [3.05, 3.63) is 114 Å². The fraction of sp³-hybridized carbons (Fsp3) is 0.257. The minimum Gasteiger partial charge on any atom is -0.494 e. The van der Waals surface area contributed by atoms with E-state index in [-0.39, 0.29) is 18.3 Å². The van der Waals surface area contributed by atoms with Gasteiger partial charge in [-0.05, 0) is 72.1 Å². The van der Waals surface area contributed by atoms with Crippen molar-refractivity contribution in [1.82, 2.24) is 19.2 Å². The molecule has 1 fully saturated rings. The van der Waals surface area contributed by atoms with Crippen molar-refractivity contribution in [2.24, 2.45) is 0 Å². The molecule has 0 spiro atoms. The summed E-state index contributed by atoms with van der Waals surface area (Å²) < 4.78 is 27.3. The van der Waals surface area contributed by atoms with Gasteiger partial charge in [0.05, 0.1) is 24.6 Å². The second-order valence-corrected chi connectivity index (χ2v) is 10.7. The fourth-order valence-corrected chi connectivity index (χ4v) is 5.48. The normalized spacial score (nSPS) is 13.9. The maximum absolute atomic E-state index is 13.8. The predicted molar refractivity (Wildman–Crippen MR) is 165 cm³/mol. The van der Waals surface area contributed by atoms with Crippen molar-refractivity contribution < 1.29 is 18.7 Å². The monoisotopic (exact) mass is 578 g/mol. The first kappa shape index (κ1) is 28.6. The lowest BCUT2D eigenvalue weighted by Gasteiger charge is -2.34. The number of fused-ring (bicyclic) bond motifs is 1. The van der Waals surface area contributed by atoms with Gasteiger partial charge in [0.25, 0.3) is 0 Å². The van der Waals surface area contributed by atoms with Crippen LogP contribution in [0.2, 0.25) is 0 Å². The molecule has 3 aromatic carbocycles. The van der Waals surface area contributed by atoms with Crippen LogP contribution in [-0.2, 0) is 22.7 Å². The lowest BCUT2D eigenvalue weighted by molar-refractivity contribution is -0.138. The molecule has 0 atom stereocenters. The minimum absolute atomic E-state index is 0.0105. The molecule has 0 radical (unpaired) electrons. The average Bonchev–Trinajstić information content (AvgIpc) is 3.40. The van der Waals surface area contributed by atoms with Crippen LogP contribution in [0.5, 0.6) is 5.75 Å². The van der Waals surface area contributed by atoms with Crippen molar-refractivity contribution in [2.45, 2.75) is 20.1 Å². The van der Waals surface area contributed by atoms with E-state index in [1.165, 1.54) is 12.1 Å². The van der Waals surface area contributed by atoms with E-state index in [4.69, 9.17) is 14.5 Å². The molecule has 0 unspecified atom stereocenters. The summed E-state index contributed by atoms with van der Waals surface area (Å²) in [7, 11) is 0. The summed E-state index contributed by atoms with van der Waals surface area (Å²) in [5.74, 6) is 0.561. The molecule has 220 valence electrons. The third-order valence-electron chi connectivity index (χ3n) is 7.75. The van der Waals surface area contributed by atoms with Crippen LogP contribution in [0.1, 0.15) is 18.2 Å². The molecule has 0 N–H and O–H groups in total. The molecule has 5 aromatic rings. The highest BCUT2D eigenvalue weighted by atomic mass is 19.1. The number of carbonyl (C=O) groups is 1. The van der Waals surface area contributed by atoms with E-state index in [0.29, 0.717) is 32.8 Å². The standard InChI is InChI=1S/C35H35FN4O3/c1-2-43-31-10-6-9-28(21-31)29-13-16-33-37-35(27-11-14-30(36)15-12-27)32(40(33)22-29)23-38-17-19-39(20-18-38)34(41)25-42-24-26-7-4-3-5-8-26/h3-16,21-22H,2,17-20,23-25H2,1H3. The molecular weight excluding hydrogens is 543 g/mol. The summed E-state index contributed by atoms with van der Waals surface area (Å²) in [5.41, 5.74) is 6.69. The van der Waals surface area contributed by atoms with Crippen LogP contribution in [0.15, 0.2) is 97.2 Å². The number of nitrogens with zero attached hydrogens (tertiary/aromatic N) is 4. The Morgan fingerprint density at radius 2 is 1.63 bits per heavy atom. The van der Waals surface area contributed by atoms with Crippen molar-refractivity contribution in [3.63, 3.8) is 0 Å². The zero-order valence-corrected chi connectivity index (χ0v) is 24.3. The molecule has 0 bridgehead atoms. The molecule has 2 aromatic heterocycles. The molecule has 3 heterocycles. The Hall–Kier alpha value is -4.53. The Labute approximate surface area is 251 Å². The molecule has 6 rings (SSSR count). The number of rotatable bonds is 10. The van der Waals surface area contributed by atoms with Crippen LogP contribution < -0.4 is 4.74 Å². The van der Waals surface area contributed by atoms with Crippen LogP contribution in [0.25, 0.3) is 28.0 Å². The van der Waals surface area contributed by atoms with Crippen LogP contribution in [0, 0.1) is 5.82 Å². The molecule has 1 saturated heterocycles. The van der Waals surface area contributed by atoms with E-state index in [1.54, 1.807) is 12.1 Å². The van der Waals surface area contributed by atoms with E-state index >= 15 is 0 Å². The highest BCUT2D eigenvalue weighted by Gasteiger charge is 2.24. The smallest absolute Gasteiger partial charge is 0.248 e. The van der Waals surface area contributed by atoms with Gasteiger partial charge in [0.2, 0.25) is 5.91 Å². The Bertz CT molecular complexity index is 1680. The summed E-state index contributed by atoms with van der Waals surface area (Å²) in [6, 6.07) is 28.5. The molecule has 0 aliphatic carbocycles. The zero-order valence-electron chi connectivity index (χ0n) is 24.3. The van der Waals surface area contributed by atoms with Crippen LogP contribution in [0.3, 0.4) is 0 Å². The van der Waals surface area contributed by atoms with Gasteiger partial charge in [-0.25, -0.2) is 9.37 Å². The van der Waals surface area contributed by atoms with E-state index in [9.17, 15) is 9.18 Å². The SMILES string of the molecule is CCOc1cccc(-c2ccc3nc(-c4ccc(F)cc4)c(CN4CCN(C(=O)COCc5ccccc5)CC4)n3c2)c1. The first-order chi connectivity index (χ1) is 21.1. The first-order valence-electron chi connectivity index (χ1n) is 14.7. The van der Waals surface area contributed by atoms with Crippen LogP contribution in [0.4, 0.5) is 4.39 Å². The van der Waals surface area contributed by atoms with Gasteiger partial charge in [0.15, 0.2) is 0 Å². The lowest BCUT2D eigenvalue weighted by atomic mass is 10.1. The van der Waals surface area contributed by atoms with Crippen molar-refractivity contribution in [3.8, 4) is 28.1 Å². The van der Waals surface area contributed by atoms with E-state index < -0.39 is 0 Å². The predicted octanol–water partition coefficient (Wildman–Crippen LogP) is 6.07. The Balaban J connectivity index is 1.20. The van der Waals surface area contributed by atoms with Gasteiger partial charge in [-0.1, -0.05) is 42.5 Å². The third kappa shape index (κ3) is 6.77. The number of halogens is 1. The lowest BCUT2D eigenvalue weighted by Crippen LogP contribution is -2.49. The van der Waals surface area contributed by atoms with Gasteiger partial charge in [0.1, 0.15) is 23.8 Å². The summed E-state index contributed by atoms with van der Waals surface area (Å²) in [5, 5.41) is 0. The number of aromatic nitrogens is 2. The highest BCUT2D eigenvalue weighted by Crippen LogP contribution is 2.30. The molecule has 0 saturated carbocycles. The quantitative estimate of drug-likeness (QED) is 0.202. The molecular formula is C35H35FN4O3. The summed E-state index contributed by atoms with van der Waals surface area (Å²) in [6.45, 7) is 6.44. The number of ether oxygens (including phenoxy) is 2. The van der Waals surface area contributed by atoms with Gasteiger partial charge in [0, 0.05) is 44.5 Å². The number of piperazine rings is 1. The Kier molecular flexibility index (Phi) is 8.77. The van der Waals surface area contributed by atoms with Gasteiger partial charge < -0.3 is 18.8 Å². The maximum Gasteiger partial charge on any atom is 0.248 e. The first-order valence-corrected chi connectivity index (χ1v) is 14.7.